The van der Waals surface area contributed by atoms with Crippen molar-refractivity contribution in [1.29, 1.82) is 0 Å². The molecule has 2 N–H and O–H groups in total. The van der Waals surface area contributed by atoms with Gasteiger partial charge in [0.15, 0.2) is 23.0 Å². The number of carbonyl (C=O) groups excluding carboxylic acids is 1. The summed E-state index contributed by atoms with van der Waals surface area (Å²) in [4.78, 5) is 26.3. The van der Waals surface area contributed by atoms with Gasteiger partial charge in [-0.1, -0.05) is 36.4 Å². The third-order valence-electron chi connectivity index (χ3n) is 14.4. The van der Waals surface area contributed by atoms with Gasteiger partial charge in [0.25, 0.3) is 0 Å². The molecule has 348 valence electrons. The second-order valence-electron chi connectivity index (χ2n) is 17.9. The van der Waals surface area contributed by atoms with E-state index in [-0.39, 0.29) is 24.3 Å². The zero-order valence-corrected chi connectivity index (χ0v) is 38.5. The van der Waals surface area contributed by atoms with Gasteiger partial charge in [0.2, 0.25) is 0 Å². The molecule has 6 aromatic rings. The average molecular weight is 899 g/mol. The highest BCUT2D eigenvalue weighted by Crippen LogP contribution is 2.44. The fourth-order valence-electron chi connectivity index (χ4n) is 10.9. The van der Waals surface area contributed by atoms with E-state index in [2.05, 4.69) is 92.8 Å². The highest BCUT2D eigenvalue weighted by molar-refractivity contribution is 5.84. The van der Waals surface area contributed by atoms with Crippen molar-refractivity contribution in [3.8, 4) is 23.0 Å². The Morgan fingerprint density at radius 2 is 1.03 bits per heavy atom. The number of hydrogen-bond donors (Lipinski definition) is 2. The van der Waals surface area contributed by atoms with Crippen molar-refractivity contribution in [2.75, 3.05) is 68.0 Å². The summed E-state index contributed by atoms with van der Waals surface area (Å²) in [6.45, 7) is 3.46. The molecule has 13 heteroatoms. The summed E-state index contributed by atoms with van der Waals surface area (Å²) in [6, 6.07) is 25.0. The summed E-state index contributed by atoms with van der Waals surface area (Å²) in [6.07, 6.45) is 8.46. The lowest BCUT2D eigenvalue weighted by Gasteiger charge is -2.45. The van der Waals surface area contributed by atoms with Gasteiger partial charge >= 0.3 is 0 Å². The van der Waals surface area contributed by atoms with Gasteiger partial charge in [-0.05, 0) is 110 Å². The molecule has 0 amide bonds. The van der Waals surface area contributed by atoms with Crippen LogP contribution in [-0.4, -0.2) is 106 Å². The number of para-hydroxylation sites is 2. The topological polar surface area (TPSA) is 129 Å². The number of hydrogen-bond acceptors (Lipinski definition) is 11. The van der Waals surface area contributed by atoms with E-state index in [1.807, 2.05) is 12.1 Å². The number of fused-ring (bicyclic) bond motifs is 4. The van der Waals surface area contributed by atoms with Gasteiger partial charge in [0.05, 0.1) is 41.7 Å². The van der Waals surface area contributed by atoms with Gasteiger partial charge in [-0.2, -0.15) is 0 Å². The summed E-state index contributed by atoms with van der Waals surface area (Å²) in [5, 5.41) is 2.41. The van der Waals surface area contributed by atoms with E-state index < -0.39 is 12.5 Å². The van der Waals surface area contributed by atoms with Crippen LogP contribution in [0.25, 0.3) is 21.8 Å². The fourth-order valence-corrected chi connectivity index (χ4v) is 10.9. The molecule has 4 aromatic carbocycles. The molecule has 4 aliphatic heterocycles. The van der Waals surface area contributed by atoms with Gasteiger partial charge in [0, 0.05) is 83.5 Å². The van der Waals surface area contributed by atoms with Crippen LogP contribution in [0.5, 0.6) is 23.0 Å². The Kier molecular flexibility index (Phi) is 13.3. The van der Waals surface area contributed by atoms with E-state index in [0.717, 1.165) is 72.1 Å². The number of nitrogens with one attached hydrogen (secondary N) is 2. The van der Waals surface area contributed by atoms with E-state index in [1.165, 1.54) is 21.9 Å². The summed E-state index contributed by atoms with van der Waals surface area (Å²) < 4.78 is 50.0. The summed E-state index contributed by atoms with van der Waals surface area (Å²) >= 11 is 0. The molecular formula is C53H62N4O9. The Morgan fingerprint density at radius 3 is 1.47 bits per heavy atom. The van der Waals surface area contributed by atoms with Crippen LogP contribution in [-0.2, 0) is 49.4 Å². The van der Waals surface area contributed by atoms with Gasteiger partial charge in [-0.15, -0.1) is 0 Å². The molecule has 0 aliphatic carbocycles. The van der Waals surface area contributed by atoms with Gasteiger partial charge in [0.1, 0.15) is 30.7 Å². The third kappa shape index (κ3) is 8.80. The number of nitrogens with zero attached hydrogens (tertiary/aromatic N) is 2. The number of methoxy groups -OCH3 is 4. The van der Waals surface area contributed by atoms with Crippen molar-refractivity contribution in [1.82, 2.24) is 19.8 Å². The Morgan fingerprint density at radius 1 is 0.606 bits per heavy atom. The second kappa shape index (κ2) is 19.8. The highest BCUT2D eigenvalue weighted by atomic mass is 16.5. The number of benzene rings is 4. The predicted molar refractivity (Wildman–Crippen MR) is 251 cm³/mol. The fraction of sp³-hybridized carbons (Fsp3) is 0.453. The summed E-state index contributed by atoms with van der Waals surface area (Å²) in [7, 11) is 6.67. The van der Waals surface area contributed by atoms with Crippen molar-refractivity contribution in [3.63, 3.8) is 0 Å². The minimum absolute atomic E-state index is 0.145. The van der Waals surface area contributed by atoms with Crippen LogP contribution in [0, 0.1) is 11.8 Å². The van der Waals surface area contributed by atoms with Crippen molar-refractivity contribution in [2.24, 2.45) is 11.8 Å². The molecule has 6 unspecified atom stereocenters. The first-order valence-electron chi connectivity index (χ1n) is 23.6. The molecule has 2 fully saturated rings. The molecule has 0 radical (unpaired) electrons. The first-order valence-corrected chi connectivity index (χ1v) is 23.6. The quantitative estimate of drug-likeness (QED) is 0.0969. The summed E-state index contributed by atoms with van der Waals surface area (Å²) in [5.74, 6) is 2.74. The van der Waals surface area contributed by atoms with Crippen LogP contribution in [0.15, 0.2) is 85.2 Å². The van der Waals surface area contributed by atoms with Crippen molar-refractivity contribution in [2.45, 2.75) is 76.3 Å². The SMILES string of the molecule is COc1cc2c(cc1OC)C(OCCc1c[nH]c3ccccc13)N(C1CC(C(=O)C3CCOC(N4CCc5cc(OC)c(OC)cc5C4OCCc4c[nH]c5ccccc45)C3)CCO1)CC2. The molecule has 4 aliphatic rings. The van der Waals surface area contributed by atoms with Gasteiger partial charge < -0.3 is 47.9 Å². The second-order valence-corrected chi connectivity index (χ2v) is 17.9. The maximum Gasteiger partial charge on any atom is 0.161 e. The lowest BCUT2D eigenvalue weighted by Crippen LogP contribution is -2.51. The minimum atomic E-state index is -0.390. The maximum atomic E-state index is 14.8. The molecular weight excluding hydrogens is 837 g/mol. The lowest BCUT2D eigenvalue weighted by molar-refractivity contribution is -0.191. The Labute approximate surface area is 386 Å². The Bertz CT molecular complexity index is 2460. The Hall–Kier alpha value is -5.41. The van der Waals surface area contributed by atoms with Gasteiger partial charge in [-0.25, -0.2) is 9.80 Å². The molecule has 2 saturated heterocycles. The maximum absolute atomic E-state index is 14.8. The average Bonchev–Trinajstić information content (AvgIpc) is 3.99. The van der Waals surface area contributed by atoms with Crippen LogP contribution in [0.4, 0.5) is 0 Å². The van der Waals surface area contributed by atoms with Crippen LogP contribution in [0.1, 0.15) is 71.5 Å². The Balaban J connectivity index is 0.852. The van der Waals surface area contributed by atoms with Crippen LogP contribution < -0.4 is 18.9 Å². The van der Waals surface area contributed by atoms with Crippen LogP contribution in [0.3, 0.4) is 0 Å². The number of ketones is 1. The zero-order chi connectivity index (χ0) is 45.1. The largest absolute Gasteiger partial charge is 0.493 e. The van der Waals surface area contributed by atoms with Crippen LogP contribution >= 0.6 is 0 Å². The van der Waals surface area contributed by atoms with Crippen molar-refractivity contribution < 1.29 is 42.7 Å². The first kappa shape index (κ1) is 44.4. The molecule has 66 heavy (non-hydrogen) atoms. The monoisotopic (exact) mass is 898 g/mol. The highest BCUT2D eigenvalue weighted by Gasteiger charge is 2.43. The molecule has 13 nitrogen and oxygen atoms in total. The smallest absolute Gasteiger partial charge is 0.161 e. The van der Waals surface area contributed by atoms with E-state index in [4.69, 9.17) is 37.9 Å². The van der Waals surface area contributed by atoms with E-state index in [1.54, 1.807) is 28.4 Å². The van der Waals surface area contributed by atoms with E-state index in [0.29, 0.717) is 80.9 Å². The number of Topliss-reactive ketones (excluding diaryl/α,β-unsaturated/α-hetero) is 1. The van der Waals surface area contributed by atoms with E-state index in [9.17, 15) is 4.79 Å². The van der Waals surface area contributed by atoms with E-state index >= 15 is 0 Å². The normalized spacial score (nSPS) is 23.6. The first-order chi connectivity index (χ1) is 32.4. The zero-order valence-electron chi connectivity index (χ0n) is 38.5. The van der Waals surface area contributed by atoms with Crippen molar-refractivity contribution >= 4 is 27.6 Å². The number of carbonyl (C=O) groups is 1. The van der Waals surface area contributed by atoms with Gasteiger partial charge in [-0.3, -0.25) is 4.79 Å². The molecule has 6 heterocycles. The molecule has 6 atom stereocenters. The molecule has 10 rings (SSSR count). The molecule has 0 spiro atoms. The predicted octanol–water partition coefficient (Wildman–Crippen LogP) is 8.69. The number of H-pyrrole nitrogens is 2. The molecule has 0 saturated carbocycles. The van der Waals surface area contributed by atoms with Crippen LogP contribution in [0.2, 0.25) is 0 Å². The summed E-state index contributed by atoms with van der Waals surface area (Å²) in [5.41, 5.74) is 9.07. The number of rotatable bonds is 16. The molecule has 2 aromatic heterocycles. The van der Waals surface area contributed by atoms with Crippen molar-refractivity contribution in [3.05, 3.63) is 119 Å². The lowest BCUT2D eigenvalue weighted by atomic mass is 9.81. The minimum Gasteiger partial charge on any atom is -0.493 e. The molecule has 0 bridgehead atoms. The number of aromatic amines is 2. The number of ether oxygens (including phenoxy) is 8. The standard InChI is InChI=1S/C53H62N4O9/c1-59-45-25-33-13-19-56(52(41(33)29-47(45)61-3)65-23-17-37-31-54-43-11-7-5-9-39(37)43)49-27-35(15-21-63-49)51(58)36-16-22-64-50(28-36)57-20-14-34-26-46(60-2)48(62-4)30-42(34)53(57)66-24-18-38-32-55-44-12-8-6-10-40(38)44/h5-12,25-26,29-32,35-36,49-50,52-55H,13-24,27-28H2,1-4H3. The third-order valence-corrected chi connectivity index (χ3v) is 14.4. The number of aromatic nitrogens is 2.